The van der Waals surface area contributed by atoms with E-state index in [4.69, 9.17) is 0 Å². The van der Waals surface area contributed by atoms with Crippen molar-refractivity contribution in [1.29, 1.82) is 0 Å². The summed E-state index contributed by atoms with van der Waals surface area (Å²) in [4.78, 5) is 0. The third-order valence-electron chi connectivity index (χ3n) is 0.355. The van der Waals surface area contributed by atoms with Crippen molar-refractivity contribution in [1.82, 2.24) is 0 Å². The maximum absolute atomic E-state index is 11.5. The Hall–Kier alpha value is 0.427. The SMILES string of the molecule is CS(=O)(=O)CS(=O)(=O)F.[Li+]. The van der Waals surface area contributed by atoms with Crippen molar-refractivity contribution in [2.75, 3.05) is 11.3 Å². The smallest absolute Gasteiger partial charge is 0.228 e. The van der Waals surface area contributed by atoms with Gasteiger partial charge in [-0.1, -0.05) is 0 Å². The molecule has 4 nitrogen and oxygen atoms in total. The first kappa shape index (κ1) is 13.0. The van der Waals surface area contributed by atoms with Gasteiger partial charge in [0, 0.05) is 6.26 Å². The summed E-state index contributed by atoms with van der Waals surface area (Å²) in [6.45, 7) is 0. The molecule has 0 radical (unpaired) electrons. The molecule has 0 N–H and O–H groups in total. The van der Waals surface area contributed by atoms with E-state index in [-0.39, 0.29) is 18.9 Å². The Morgan fingerprint density at radius 2 is 1.50 bits per heavy atom. The van der Waals surface area contributed by atoms with Crippen LogP contribution in [0.2, 0.25) is 0 Å². The van der Waals surface area contributed by atoms with Gasteiger partial charge in [0.2, 0.25) is 0 Å². The molecular weight excluding hydrogens is 178 g/mol. The molecule has 0 aromatic carbocycles. The predicted octanol–water partition coefficient (Wildman–Crippen LogP) is -3.71. The average molecular weight is 183 g/mol. The molecule has 0 aliphatic rings. The second-order valence-corrected chi connectivity index (χ2v) is 5.45. The summed E-state index contributed by atoms with van der Waals surface area (Å²) in [5.41, 5.74) is 0. The molecule has 0 aromatic heterocycles. The summed E-state index contributed by atoms with van der Waals surface area (Å²) >= 11 is 0. The molecular formula is C2H5FLiO4S2+. The zero-order valence-corrected chi connectivity index (χ0v) is 7.17. The van der Waals surface area contributed by atoms with Gasteiger partial charge in [0.15, 0.2) is 14.9 Å². The van der Waals surface area contributed by atoms with Crippen molar-refractivity contribution in [3.63, 3.8) is 0 Å². The average Bonchev–Trinajstić information content (AvgIpc) is 1.14. The first-order chi connectivity index (χ1) is 3.71. The fourth-order valence-electron chi connectivity index (χ4n) is 0.256. The molecule has 0 saturated heterocycles. The molecule has 0 saturated carbocycles. The Morgan fingerprint density at radius 1 is 1.20 bits per heavy atom. The van der Waals surface area contributed by atoms with Crippen molar-refractivity contribution in [3.8, 4) is 0 Å². The normalized spacial score (nSPS) is 12.2. The van der Waals surface area contributed by atoms with Crippen molar-refractivity contribution in [2.45, 2.75) is 0 Å². The Morgan fingerprint density at radius 3 is 1.50 bits per heavy atom. The summed E-state index contributed by atoms with van der Waals surface area (Å²) in [6, 6.07) is 0. The van der Waals surface area contributed by atoms with Crippen LogP contribution in [0, 0.1) is 0 Å². The van der Waals surface area contributed by atoms with Crippen molar-refractivity contribution < 1.29 is 39.6 Å². The van der Waals surface area contributed by atoms with Crippen LogP contribution in [0.4, 0.5) is 3.89 Å². The molecule has 0 bridgehead atoms. The molecule has 0 spiro atoms. The van der Waals surface area contributed by atoms with Gasteiger partial charge in [-0.2, -0.15) is 8.42 Å². The van der Waals surface area contributed by atoms with Gasteiger partial charge in [-0.3, -0.25) is 0 Å². The van der Waals surface area contributed by atoms with Crippen molar-refractivity contribution >= 4 is 20.1 Å². The summed E-state index contributed by atoms with van der Waals surface area (Å²) in [7, 11) is -8.61. The Balaban J connectivity index is 0. The van der Waals surface area contributed by atoms with Gasteiger partial charge >= 0.3 is 29.1 Å². The predicted molar refractivity (Wildman–Crippen MR) is 29.7 cm³/mol. The van der Waals surface area contributed by atoms with Crippen LogP contribution in [0.5, 0.6) is 0 Å². The zero-order valence-electron chi connectivity index (χ0n) is 5.53. The molecule has 0 atom stereocenters. The minimum Gasteiger partial charge on any atom is -0.228 e. The van der Waals surface area contributed by atoms with Crippen LogP contribution >= 0.6 is 0 Å². The van der Waals surface area contributed by atoms with Gasteiger partial charge in [-0.05, 0) is 0 Å². The Bertz CT molecular complexity index is 246. The molecule has 0 heterocycles. The second kappa shape index (κ2) is 3.71. The number of halogens is 1. The van der Waals surface area contributed by atoms with E-state index in [1.165, 1.54) is 0 Å². The maximum atomic E-state index is 11.5. The molecule has 10 heavy (non-hydrogen) atoms. The molecule has 0 rings (SSSR count). The topological polar surface area (TPSA) is 68.3 Å². The third-order valence-corrected chi connectivity index (χ3v) is 3.19. The van der Waals surface area contributed by atoms with E-state index in [9.17, 15) is 20.7 Å². The largest absolute Gasteiger partial charge is 1.00 e. The van der Waals surface area contributed by atoms with Gasteiger partial charge in [0.1, 0.15) is 0 Å². The van der Waals surface area contributed by atoms with Crippen LogP contribution in [0.25, 0.3) is 0 Å². The monoisotopic (exact) mass is 183 g/mol. The molecule has 0 aliphatic carbocycles. The Labute approximate surface area is 71.1 Å². The van der Waals surface area contributed by atoms with Crippen LogP contribution in [-0.2, 0) is 20.1 Å². The zero-order chi connectivity index (χ0) is 7.71. The first-order valence-electron chi connectivity index (χ1n) is 1.81. The van der Waals surface area contributed by atoms with E-state index < -0.39 is 25.1 Å². The number of hydrogen-bond donors (Lipinski definition) is 0. The van der Waals surface area contributed by atoms with Crippen LogP contribution in [0.3, 0.4) is 0 Å². The van der Waals surface area contributed by atoms with Crippen LogP contribution in [0.15, 0.2) is 0 Å². The molecule has 8 heteroatoms. The number of sulfone groups is 1. The molecule has 0 unspecified atom stereocenters. The summed E-state index contributed by atoms with van der Waals surface area (Å²) < 4.78 is 50.7. The fourth-order valence-corrected chi connectivity index (χ4v) is 2.30. The van der Waals surface area contributed by atoms with Crippen molar-refractivity contribution in [2.24, 2.45) is 0 Å². The van der Waals surface area contributed by atoms with Gasteiger partial charge in [-0.25, -0.2) is 8.42 Å². The molecule has 0 aromatic rings. The first-order valence-corrected chi connectivity index (χ1v) is 5.42. The minimum atomic E-state index is -4.87. The molecule has 56 valence electrons. The van der Waals surface area contributed by atoms with Crippen LogP contribution in [-0.4, -0.2) is 28.2 Å². The van der Waals surface area contributed by atoms with Gasteiger partial charge in [0.05, 0.1) is 0 Å². The number of rotatable bonds is 2. The van der Waals surface area contributed by atoms with Crippen LogP contribution < -0.4 is 18.9 Å². The van der Waals surface area contributed by atoms with Gasteiger partial charge < -0.3 is 0 Å². The summed E-state index contributed by atoms with van der Waals surface area (Å²) in [5, 5.41) is -1.43. The van der Waals surface area contributed by atoms with E-state index in [0.717, 1.165) is 0 Å². The quantitative estimate of drug-likeness (QED) is 0.326. The fraction of sp³-hybridized carbons (Fsp3) is 1.00. The van der Waals surface area contributed by atoms with E-state index >= 15 is 0 Å². The van der Waals surface area contributed by atoms with E-state index in [1.807, 2.05) is 0 Å². The van der Waals surface area contributed by atoms with Gasteiger partial charge in [-0.15, -0.1) is 3.89 Å². The minimum absolute atomic E-state index is 0. The summed E-state index contributed by atoms with van der Waals surface area (Å²) in [6.07, 6.45) is 0.643. The van der Waals surface area contributed by atoms with E-state index in [2.05, 4.69) is 0 Å². The molecule has 0 amide bonds. The third kappa shape index (κ3) is 11.3. The van der Waals surface area contributed by atoms with Gasteiger partial charge in [0.25, 0.3) is 0 Å². The second-order valence-electron chi connectivity index (χ2n) is 1.58. The molecule has 0 fully saturated rings. The van der Waals surface area contributed by atoms with Crippen molar-refractivity contribution in [3.05, 3.63) is 0 Å². The summed E-state index contributed by atoms with van der Waals surface area (Å²) in [5.74, 6) is 0. The van der Waals surface area contributed by atoms with E-state index in [1.54, 1.807) is 0 Å². The standard InChI is InChI=1S/C2H5FO4S2.Li/c1-8(4,5)2-9(3,6)7;/h2H2,1H3;/q;+1. The number of hydrogen-bond acceptors (Lipinski definition) is 4. The Kier molecular flexibility index (Phi) is 4.85. The van der Waals surface area contributed by atoms with E-state index in [0.29, 0.717) is 6.26 Å². The molecule has 0 aliphatic heterocycles. The van der Waals surface area contributed by atoms with Crippen LogP contribution in [0.1, 0.15) is 0 Å². The maximum Gasteiger partial charge on any atom is 1.00 e.